The molecule has 3 aromatic rings. The van der Waals surface area contributed by atoms with Gasteiger partial charge in [-0.2, -0.15) is 0 Å². The Hall–Kier alpha value is -1.91. The Kier molecular flexibility index (Phi) is 1.24. The van der Waals surface area contributed by atoms with Crippen molar-refractivity contribution in [3.63, 3.8) is 0 Å². The highest BCUT2D eigenvalue weighted by atomic mass is 15.0. The first-order chi connectivity index (χ1) is 6.72. The molecule has 70 valence electrons. The quantitative estimate of drug-likeness (QED) is 0.559. The standard InChI is InChI=1S/C9H9N5/c1-4-10-6-3-7-9(13-5(2)11-7)14-8(6)12-4/h3H,1-2H3,(H2,10,11,12,13,14). The summed E-state index contributed by atoms with van der Waals surface area (Å²) >= 11 is 0. The number of H-pyrrole nitrogens is 2. The Bertz CT molecular complexity index is 516. The maximum Gasteiger partial charge on any atom is 0.159 e. The highest BCUT2D eigenvalue weighted by Crippen LogP contribution is 2.15. The number of nitrogens with one attached hydrogen (secondary N) is 2. The van der Waals surface area contributed by atoms with Gasteiger partial charge in [-0.25, -0.2) is 15.0 Å². The number of aryl methyl sites for hydroxylation is 2. The van der Waals surface area contributed by atoms with Crippen LogP contribution in [-0.4, -0.2) is 24.9 Å². The first-order valence-corrected chi connectivity index (χ1v) is 4.42. The van der Waals surface area contributed by atoms with E-state index >= 15 is 0 Å². The Morgan fingerprint density at radius 3 is 1.86 bits per heavy atom. The normalized spacial score (nSPS) is 11.6. The van der Waals surface area contributed by atoms with E-state index in [0.29, 0.717) is 0 Å². The molecule has 0 unspecified atom stereocenters. The van der Waals surface area contributed by atoms with E-state index in [9.17, 15) is 0 Å². The van der Waals surface area contributed by atoms with Crippen LogP contribution in [0, 0.1) is 13.8 Å². The van der Waals surface area contributed by atoms with Gasteiger partial charge < -0.3 is 9.97 Å². The smallest absolute Gasteiger partial charge is 0.159 e. The van der Waals surface area contributed by atoms with Gasteiger partial charge in [0.25, 0.3) is 0 Å². The second kappa shape index (κ2) is 2.31. The molecule has 3 aromatic heterocycles. The molecule has 0 atom stereocenters. The highest BCUT2D eigenvalue weighted by molar-refractivity contribution is 5.85. The predicted molar refractivity (Wildman–Crippen MR) is 53.0 cm³/mol. The van der Waals surface area contributed by atoms with Crippen molar-refractivity contribution in [1.82, 2.24) is 24.9 Å². The van der Waals surface area contributed by atoms with Gasteiger partial charge in [0.1, 0.15) is 22.7 Å². The molecule has 0 fully saturated rings. The fraction of sp³-hybridized carbons (Fsp3) is 0.222. The van der Waals surface area contributed by atoms with Crippen LogP contribution in [-0.2, 0) is 0 Å². The van der Waals surface area contributed by atoms with Crippen molar-refractivity contribution in [3.05, 3.63) is 17.7 Å². The van der Waals surface area contributed by atoms with E-state index < -0.39 is 0 Å². The molecule has 0 radical (unpaired) electrons. The van der Waals surface area contributed by atoms with E-state index in [0.717, 1.165) is 34.0 Å². The predicted octanol–water partition coefficient (Wildman–Crippen LogP) is 1.45. The third kappa shape index (κ3) is 0.921. The Balaban J connectivity index is 2.49. The average molecular weight is 187 g/mol. The lowest BCUT2D eigenvalue weighted by Gasteiger charge is -1.86. The zero-order valence-electron chi connectivity index (χ0n) is 7.92. The third-order valence-electron chi connectivity index (χ3n) is 2.16. The molecular weight excluding hydrogens is 178 g/mol. The van der Waals surface area contributed by atoms with Gasteiger partial charge in [-0.05, 0) is 19.9 Å². The minimum Gasteiger partial charge on any atom is -0.327 e. The number of pyridine rings is 1. The van der Waals surface area contributed by atoms with Crippen LogP contribution in [0.5, 0.6) is 0 Å². The highest BCUT2D eigenvalue weighted by Gasteiger charge is 2.06. The summed E-state index contributed by atoms with van der Waals surface area (Å²) in [7, 11) is 0. The van der Waals surface area contributed by atoms with Crippen LogP contribution in [0.4, 0.5) is 0 Å². The van der Waals surface area contributed by atoms with Crippen molar-refractivity contribution in [3.8, 4) is 0 Å². The molecule has 0 bridgehead atoms. The van der Waals surface area contributed by atoms with Crippen molar-refractivity contribution in [2.45, 2.75) is 13.8 Å². The molecule has 0 aliphatic heterocycles. The molecule has 0 aliphatic carbocycles. The van der Waals surface area contributed by atoms with Crippen LogP contribution in [0.3, 0.4) is 0 Å². The summed E-state index contributed by atoms with van der Waals surface area (Å²) < 4.78 is 0. The number of rotatable bonds is 0. The number of hydrogen-bond acceptors (Lipinski definition) is 3. The summed E-state index contributed by atoms with van der Waals surface area (Å²) in [5, 5.41) is 0. The molecule has 0 spiro atoms. The van der Waals surface area contributed by atoms with Crippen molar-refractivity contribution in [2.75, 3.05) is 0 Å². The zero-order chi connectivity index (χ0) is 9.71. The number of fused-ring (bicyclic) bond motifs is 2. The molecular formula is C9H9N5. The summed E-state index contributed by atoms with van der Waals surface area (Å²) in [6, 6.07) is 1.94. The second-order valence-corrected chi connectivity index (χ2v) is 3.37. The van der Waals surface area contributed by atoms with Gasteiger partial charge in [0.15, 0.2) is 11.3 Å². The maximum absolute atomic E-state index is 4.38. The largest absolute Gasteiger partial charge is 0.327 e. The molecule has 3 heterocycles. The second-order valence-electron chi connectivity index (χ2n) is 3.37. The van der Waals surface area contributed by atoms with Gasteiger partial charge in [-0.1, -0.05) is 0 Å². The van der Waals surface area contributed by atoms with E-state index in [2.05, 4.69) is 24.9 Å². The van der Waals surface area contributed by atoms with Gasteiger partial charge >= 0.3 is 0 Å². The number of imidazole rings is 2. The Morgan fingerprint density at radius 1 is 0.857 bits per heavy atom. The topological polar surface area (TPSA) is 70.2 Å². The van der Waals surface area contributed by atoms with Gasteiger partial charge in [0.05, 0.1) is 0 Å². The van der Waals surface area contributed by atoms with Crippen LogP contribution in [0.2, 0.25) is 0 Å². The molecule has 0 saturated carbocycles. The molecule has 14 heavy (non-hydrogen) atoms. The maximum atomic E-state index is 4.38. The number of nitrogens with zero attached hydrogens (tertiary/aromatic N) is 3. The number of aromatic amines is 2. The lowest BCUT2D eigenvalue weighted by atomic mass is 10.4. The summed E-state index contributed by atoms with van der Waals surface area (Å²) in [4.78, 5) is 19.2. The average Bonchev–Trinajstić information content (AvgIpc) is 2.59. The van der Waals surface area contributed by atoms with Crippen LogP contribution < -0.4 is 0 Å². The van der Waals surface area contributed by atoms with Crippen LogP contribution in [0.25, 0.3) is 22.3 Å². The fourth-order valence-electron chi connectivity index (χ4n) is 1.61. The van der Waals surface area contributed by atoms with Gasteiger partial charge in [-0.3, -0.25) is 0 Å². The SMILES string of the molecule is Cc1nc2cc3nc(C)[nH]c3nc2[nH]1. The van der Waals surface area contributed by atoms with Crippen molar-refractivity contribution in [1.29, 1.82) is 0 Å². The molecule has 2 N–H and O–H groups in total. The van der Waals surface area contributed by atoms with Gasteiger partial charge in [0.2, 0.25) is 0 Å². The molecule has 5 nitrogen and oxygen atoms in total. The Labute approximate surface area is 79.6 Å². The van der Waals surface area contributed by atoms with Gasteiger partial charge in [0, 0.05) is 0 Å². The minimum absolute atomic E-state index is 0.804. The van der Waals surface area contributed by atoms with Crippen molar-refractivity contribution in [2.24, 2.45) is 0 Å². The van der Waals surface area contributed by atoms with Crippen LogP contribution in [0.15, 0.2) is 6.07 Å². The van der Waals surface area contributed by atoms with E-state index in [1.54, 1.807) is 0 Å². The van der Waals surface area contributed by atoms with Crippen LogP contribution in [0.1, 0.15) is 11.6 Å². The van der Waals surface area contributed by atoms with Gasteiger partial charge in [-0.15, -0.1) is 0 Å². The zero-order valence-corrected chi connectivity index (χ0v) is 7.92. The number of aromatic nitrogens is 5. The molecule has 0 amide bonds. The van der Waals surface area contributed by atoms with Crippen LogP contribution >= 0.6 is 0 Å². The monoisotopic (exact) mass is 187 g/mol. The number of hydrogen-bond donors (Lipinski definition) is 2. The summed E-state index contributed by atoms with van der Waals surface area (Å²) in [5.41, 5.74) is 3.33. The molecule has 3 rings (SSSR count). The van der Waals surface area contributed by atoms with Crippen molar-refractivity contribution < 1.29 is 0 Å². The minimum atomic E-state index is 0.804. The molecule has 0 saturated heterocycles. The first kappa shape index (κ1) is 7.49. The lowest BCUT2D eigenvalue weighted by molar-refractivity contribution is 1.15. The van der Waals surface area contributed by atoms with E-state index in [-0.39, 0.29) is 0 Å². The first-order valence-electron chi connectivity index (χ1n) is 4.42. The summed E-state index contributed by atoms with van der Waals surface area (Å²) in [5.74, 6) is 1.74. The summed E-state index contributed by atoms with van der Waals surface area (Å²) in [6.45, 7) is 3.82. The van der Waals surface area contributed by atoms with Crippen molar-refractivity contribution >= 4 is 22.3 Å². The lowest BCUT2D eigenvalue weighted by Crippen LogP contribution is -1.79. The van der Waals surface area contributed by atoms with E-state index in [4.69, 9.17) is 0 Å². The van der Waals surface area contributed by atoms with E-state index in [1.165, 1.54) is 0 Å². The third-order valence-corrected chi connectivity index (χ3v) is 2.16. The summed E-state index contributed by atoms with van der Waals surface area (Å²) in [6.07, 6.45) is 0. The molecule has 0 aromatic carbocycles. The molecule has 0 aliphatic rings. The fourth-order valence-corrected chi connectivity index (χ4v) is 1.61. The Morgan fingerprint density at radius 2 is 1.36 bits per heavy atom. The van der Waals surface area contributed by atoms with E-state index in [1.807, 2.05) is 19.9 Å². The molecule has 5 heteroatoms.